The Morgan fingerprint density at radius 2 is 2.00 bits per heavy atom. The Kier molecular flexibility index (Phi) is 2.85. The molecule has 2 aliphatic carbocycles. The van der Waals surface area contributed by atoms with Crippen molar-refractivity contribution in [3.8, 4) is 0 Å². The van der Waals surface area contributed by atoms with Gasteiger partial charge in [-0.2, -0.15) is 0 Å². The highest BCUT2D eigenvalue weighted by molar-refractivity contribution is 4.88. The molecule has 0 amide bonds. The van der Waals surface area contributed by atoms with E-state index >= 15 is 0 Å². The van der Waals surface area contributed by atoms with Gasteiger partial charge in [0.05, 0.1) is 6.10 Å². The first-order valence-electron chi connectivity index (χ1n) is 5.94. The Hall–Kier alpha value is -0.0800. The van der Waals surface area contributed by atoms with Gasteiger partial charge in [-0.25, -0.2) is 0 Å². The van der Waals surface area contributed by atoms with Gasteiger partial charge < -0.3 is 10.5 Å². The maximum atomic E-state index is 6.08. The quantitative estimate of drug-likeness (QED) is 0.753. The molecule has 2 aliphatic rings. The van der Waals surface area contributed by atoms with Crippen molar-refractivity contribution in [1.29, 1.82) is 0 Å². The van der Waals surface area contributed by atoms with Crippen molar-refractivity contribution < 1.29 is 4.74 Å². The molecular formula is C12H23NO. The second-order valence-electron chi connectivity index (χ2n) is 5.89. The highest BCUT2D eigenvalue weighted by Gasteiger charge is 2.34. The normalized spacial score (nSPS) is 37.1. The number of nitrogens with two attached hydrogens (primary N) is 1. The summed E-state index contributed by atoms with van der Waals surface area (Å²) in [6, 6.07) is 0.279. The van der Waals surface area contributed by atoms with Crippen molar-refractivity contribution in [2.24, 2.45) is 17.1 Å². The van der Waals surface area contributed by atoms with Crippen LogP contribution in [0.3, 0.4) is 0 Å². The number of hydrogen-bond acceptors (Lipinski definition) is 2. The Morgan fingerprint density at radius 1 is 1.29 bits per heavy atom. The number of rotatable bonds is 3. The molecular weight excluding hydrogens is 174 g/mol. The molecule has 2 unspecified atom stereocenters. The standard InChI is InChI=1S/C12H23NO/c1-12(2)6-5-10(13)11(7-12)14-8-9-3-4-9/h9-11H,3-8,13H2,1-2H3. The topological polar surface area (TPSA) is 35.2 Å². The molecule has 0 aromatic carbocycles. The van der Waals surface area contributed by atoms with E-state index in [9.17, 15) is 0 Å². The predicted octanol–water partition coefficient (Wildman–Crippen LogP) is 2.32. The Bertz CT molecular complexity index is 198. The first-order chi connectivity index (χ1) is 6.57. The summed E-state index contributed by atoms with van der Waals surface area (Å²) in [5, 5.41) is 0. The minimum absolute atomic E-state index is 0.279. The lowest BCUT2D eigenvalue weighted by Crippen LogP contribution is -2.44. The first-order valence-corrected chi connectivity index (χ1v) is 5.94. The van der Waals surface area contributed by atoms with Crippen LogP contribution in [0.1, 0.15) is 46.0 Å². The lowest BCUT2D eigenvalue weighted by atomic mass is 9.74. The third-order valence-corrected chi connectivity index (χ3v) is 3.63. The molecule has 0 aromatic rings. The maximum Gasteiger partial charge on any atom is 0.0731 e. The van der Waals surface area contributed by atoms with Gasteiger partial charge >= 0.3 is 0 Å². The Balaban J connectivity index is 1.80. The van der Waals surface area contributed by atoms with Gasteiger partial charge in [0.25, 0.3) is 0 Å². The molecule has 14 heavy (non-hydrogen) atoms. The smallest absolute Gasteiger partial charge is 0.0731 e. The van der Waals surface area contributed by atoms with Crippen LogP contribution in [0, 0.1) is 11.3 Å². The average Bonchev–Trinajstić information content (AvgIpc) is 2.90. The molecule has 2 N–H and O–H groups in total. The van der Waals surface area contributed by atoms with Crippen LogP contribution in [0.2, 0.25) is 0 Å². The van der Waals surface area contributed by atoms with Crippen LogP contribution in [-0.2, 0) is 4.74 Å². The molecule has 0 saturated heterocycles. The number of hydrogen-bond donors (Lipinski definition) is 1. The Morgan fingerprint density at radius 3 is 2.64 bits per heavy atom. The van der Waals surface area contributed by atoms with E-state index in [1.54, 1.807) is 0 Å². The molecule has 0 aromatic heterocycles. The van der Waals surface area contributed by atoms with Crippen molar-refractivity contribution >= 4 is 0 Å². The minimum Gasteiger partial charge on any atom is -0.376 e. The van der Waals surface area contributed by atoms with E-state index < -0.39 is 0 Å². The molecule has 0 heterocycles. The van der Waals surface area contributed by atoms with Crippen LogP contribution < -0.4 is 5.73 Å². The fourth-order valence-electron chi connectivity index (χ4n) is 2.27. The van der Waals surface area contributed by atoms with Gasteiger partial charge in [0.15, 0.2) is 0 Å². The molecule has 2 rings (SSSR count). The summed E-state index contributed by atoms with van der Waals surface area (Å²) in [5.74, 6) is 0.854. The van der Waals surface area contributed by atoms with Crippen LogP contribution in [0.15, 0.2) is 0 Å². The lowest BCUT2D eigenvalue weighted by molar-refractivity contribution is -0.0233. The van der Waals surface area contributed by atoms with Crippen molar-refractivity contribution in [3.63, 3.8) is 0 Å². The second kappa shape index (κ2) is 3.82. The highest BCUT2D eigenvalue weighted by Crippen LogP contribution is 2.37. The van der Waals surface area contributed by atoms with Crippen LogP contribution >= 0.6 is 0 Å². The third-order valence-electron chi connectivity index (χ3n) is 3.63. The molecule has 2 atom stereocenters. The maximum absolute atomic E-state index is 6.08. The van der Waals surface area contributed by atoms with Gasteiger partial charge in [-0.1, -0.05) is 13.8 Å². The zero-order valence-electron chi connectivity index (χ0n) is 9.46. The first kappa shape index (κ1) is 10.4. The summed E-state index contributed by atoms with van der Waals surface area (Å²) >= 11 is 0. The van der Waals surface area contributed by atoms with Crippen molar-refractivity contribution in [2.45, 2.75) is 58.1 Å². The summed E-state index contributed by atoms with van der Waals surface area (Å²) in [7, 11) is 0. The third kappa shape index (κ3) is 2.71. The Labute approximate surface area is 87.2 Å². The van der Waals surface area contributed by atoms with E-state index in [1.807, 2.05) is 0 Å². The molecule has 0 spiro atoms. The van der Waals surface area contributed by atoms with E-state index in [0.29, 0.717) is 11.5 Å². The second-order valence-corrected chi connectivity index (χ2v) is 5.89. The molecule has 2 saturated carbocycles. The van der Waals surface area contributed by atoms with E-state index in [-0.39, 0.29) is 6.04 Å². The van der Waals surface area contributed by atoms with E-state index in [4.69, 9.17) is 10.5 Å². The van der Waals surface area contributed by atoms with Gasteiger partial charge in [-0.3, -0.25) is 0 Å². The largest absolute Gasteiger partial charge is 0.376 e. The number of ether oxygens (including phenoxy) is 1. The summed E-state index contributed by atoms with van der Waals surface area (Å²) in [6.07, 6.45) is 6.57. The summed E-state index contributed by atoms with van der Waals surface area (Å²) in [4.78, 5) is 0. The summed E-state index contributed by atoms with van der Waals surface area (Å²) in [6.45, 7) is 5.60. The van der Waals surface area contributed by atoms with Crippen molar-refractivity contribution in [3.05, 3.63) is 0 Å². The zero-order chi connectivity index (χ0) is 10.2. The molecule has 0 radical (unpaired) electrons. The van der Waals surface area contributed by atoms with Crippen LogP contribution in [0.5, 0.6) is 0 Å². The molecule has 82 valence electrons. The summed E-state index contributed by atoms with van der Waals surface area (Å²) < 4.78 is 5.93. The highest BCUT2D eigenvalue weighted by atomic mass is 16.5. The van der Waals surface area contributed by atoms with E-state index in [2.05, 4.69) is 13.8 Å². The van der Waals surface area contributed by atoms with Crippen molar-refractivity contribution in [2.75, 3.05) is 6.61 Å². The monoisotopic (exact) mass is 197 g/mol. The van der Waals surface area contributed by atoms with Crippen LogP contribution in [0.4, 0.5) is 0 Å². The van der Waals surface area contributed by atoms with Crippen molar-refractivity contribution in [1.82, 2.24) is 0 Å². The van der Waals surface area contributed by atoms with Gasteiger partial charge in [0, 0.05) is 12.6 Å². The molecule has 2 nitrogen and oxygen atoms in total. The molecule has 0 aliphatic heterocycles. The fourth-order valence-corrected chi connectivity index (χ4v) is 2.27. The fraction of sp³-hybridized carbons (Fsp3) is 1.00. The SMILES string of the molecule is CC1(C)CCC(N)C(OCC2CC2)C1. The molecule has 2 heteroatoms. The van der Waals surface area contributed by atoms with E-state index in [0.717, 1.165) is 25.4 Å². The van der Waals surface area contributed by atoms with Gasteiger partial charge in [-0.15, -0.1) is 0 Å². The zero-order valence-corrected chi connectivity index (χ0v) is 9.46. The molecule has 2 fully saturated rings. The van der Waals surface area contributed by atoms with Crippen LogP contribution in [-0.4, -0.2) is 18.8 Å². The van der Waals surface area contributed by atoms with Gasteiger partial charge in [0.1, 0.15) is 0 Å². The molecule has 0 bridgehead atoms. The van der Waals surface area contributed by atoms with Gasteiger partial charge in [-0.05, 0) is 43.4 Å². The van der Waals surface area contributed by atoms with Crippen LogP contribution in [0.25, 0.3) is 0 Å². The minimum atomic E-state index is 0.279. The van der Waals surface area contributed by atoms with E-state index in [1.165, 1.54) is 19.3 Å². The average molecular weight is 197 g/mol. The predicted molar refractivity (Wildman–Crippen MR) is 58.1 cm³/mol. The lowest BCUT2D eigenvalue weighted by Gasteiger charge is -2.39. The summed E-state index contributed by atoms with van der Waals surface area (Å²) in [5.41, 5.74) is 6.52. The van der Waals surface area contributed by atoms with Gasteiger partial charge in [0.2, 0.25) is 0 Å².